The van der Waals surface area contributed by atoms with Crippen molar-refractivity contribution >= 4 is 0 Å². The Hall–Kier alpha value is -1.10. The molecular weight excluding hydrogens is 242 g/mol. The Balaban J connectivity index is 1.68. The van der Waals surface area contributed by atoms with Gasteiger partial charge < -0.3 is 19.9 Å². The molecule has 19 heavy (non-hydrogen) atoms. The van der Waals surface area contributed by atoms with Gasteiger partial charge in [-0.3, -0.25) is 0 Å². The highest BCUT2D eigenvalue weighted by atomic mass is 16.5. The summed E-state index contributed by atoms with van der Waals surface area (Å²) in [6, 6.07) is 8.36. The van der Waals surface area contributed by atoms with Crippen molar-refractivity contribution in [2.45, 2.75) is 38.0 Å². The van der Waals surface area contributed by atoms with E-state index < -0.39 is 5.60 Å². The first kappa shape index (κ1) is 14.3. The number of benzene rings is 1. The molecule has 4 nitrogen and oxygen atoms in total. The second kappa shape index (κ2) is 6.37. The van der Waals surface area contributed by atoms with E-state index >= 15 is 0 Å². The van der Waals surface area contributed by atoms with E-state index in [4.69, 9.17) is 9.47 Å². The summed E-state index contributed by atoms with van der Waals surface area (Å²) < 4.78 is 10.7. The van der Waals surface area contributed by atoms with E-state index in [2.05, 4.69) is 5.32 Å². The van der Waals surface area contributed by atoms with Crippen LogP contribution in [0.25, 0.3) is 0 Å². The zero-order valence-corrected chi connectivity index (χ0v) is 11.7. The first-order valence-corrected chi connectivity index (χ1v) is 6.75. The minimum Gasteiger partial charge on any atom is -0.497 e. The maximum atomic E-state index is 10.1. The van der Waals surface area contributed by atoms with Crippen LogP contribution in [0.1, 0.15) is 25.3 Å². The van der Waals surface area contributed by atoms with Crippen molar-refractivity contribution in [2.75, 3.05) is 20.3 Å². The third-order valence-corrected chi connectivity index (χ3v) is 3.19. The molecule has 0 aliphatic heterocycles. The van der Waals surface area contributed by atoms with E-state index in [1.807, 2.05) is 24.3 Å². The standard InChI is InChI=1S/C15H23NO3/c1-15(17,10-16-13-5-6-13)11-19-9-12-3-7-14(18-2)8-4-12/h3-4,7-8,13,16-17H,5-6,9-11H2,1-2H3. The van der Waals surface area contributed by atoms with Crippen LogP contribution in [0, 0.1) is 0 Å². The number of nitrogens with one attached hydrogen (secondary N) is 1. The molecule has 0 spiro atoms. The molecular formula is C15H23NO3. The molecule has 1 aromatic carbocycles. The summed E-state index contributed by atoms with van der Waals surface area (Å²) in [6.07, 6.45) is 2.45. The molecule has 0 amide bonds. The molecule has 4 heteroatoms. The zero-order chi connectivity index (χ0) is 13.7. The van der Waals surface area contributed by atoms with Gasteiger partial charge in [0.05, 0.1) is 25.9 Å². The zero-order valence-electron chi connectivity index (χ0n) is 11.7. The predicted molar refractivity (Wildman–Crippen MR) is 74.3 cm³/mol. The van der Waals surface area contributed by atoms with Crippen LogP contribution in [0.5, 0.6) is 5.75 Å². The molecule has 0 saturated heterocycles. The van der Waals surface area contributed by atoms with E-state index in [9.17, 15) is 5.11 Å². The second-order valence-corrected chi connectivity index (χ2v) is 5.49. The summed E-state index contributed by atoms with van der Waals surface area (Å²) in [5.74, 6) is 0.837. The lowest BCUT2D eigenvalue weighted by Gasteiger charge is -2.23. The van der Waals surface area contributed by atoms with Crippen LogP contribution >= 0.6 is 0 Å². The quantitative estimate of drug-likeness (QED) is 0.751. The van der Waals surface area contributed by atoms with Crippen LogP contribution in [0.4, 0.5) is 0 Å². The Morgan fingerprint density at radius 3 is 2.58 bits per heavy atom. The summed E-state index contributed by atoms with van der Waals surface area (Å²) in [5, 5.41) is 13.5. The molecule has 0 bridgehead atoms. The monoisotopic (exact) mass is 265 g/mol. The fraction of sp³-hybridized carbons (Fsp3) is 0.600. The van der Waals surface area contributed by atoms with E-state index in [0.29, 0.717) is 25.8 Å². The molecule has 1 saturated carbocycles. The fourth-order valence-electron chi connectivity index (χ4n) is 1.81. The van der Waals surface area contributed by atoms with Crippen LogP contribution in [0.2, 0.25) is 0 Å². The molecule has 2 N–H and O–H groups in total. The lowest BCUT2D eigenvalue weighted by atomic mass is 10.1. The van der Waals surface area contributed by atoms with Crippen LogP contribution in [-0.2, 0) is 11.3 Å². The lowest BCUT2D eigenvalue weighted by molar-refractivity contribution is -0.0382. The van der Waals surface area contributed by atoms with E-state index in [1.165, 1.54) is 12.8 Å². The highest BCUT2D eigenvalue weighted by molar-refractivity contribution is 5.26. The average Bonchev–Trinajstić information content (AvgIpc) is 3.21. The van der Waals surface area contributed by atoms with Gasteiger partial charge in [-0.25, -0.2) is 0 Å². The third-order valence-electron chi connectivity index (χ3n) is 3.19. The van der Waals surface area contributed by atoms with Crippen molar-refractivity contribution in [1.82, 2.24) is 5.32 Å². The molecule has 106 valence electrons. The number of methoxy groups -OCH3 is 1. The van der Waals surface area contributed by atoms with Gasteiger partial charge in [-0.05, 0) is 37.5 Å². The highest BCUT2D eigenvalue weighted by Crippen LogP contribution is 2.19. The number of hydrogen-bond acceptors (Lipinski definition) is 4. The average molecular weight is 265 g/mol. The summed E-state index contributed by atoms with van der Waals surface area (Å²) in [6.45, 7) is 3.22. The molecule has 0 aromatic heterocycles. The normalized spacial score (nSPS) is 18.1. The Labute approximate surface area is 114 Å². The predicted octanol–water partition coefficient (Wildman–Crippen LogP) is 1.71. The van der Waals surface area contributed by atoms with Crippen molar-refractivity contribution < 1.29 is 14.6 Å². The topological polar surface area (TPSA) is 50.7 Å². The minimum atomic E-state index is -0.810. The van der Waals surface area contributed by atoms with Crippen LogP contribution < -0.4 is 10.1 Å². The van der Waals surface area contributed by atoms with Gasteiger partial charge in [-0.15, -0.1) is 0 Å². The number of hydrogen-bond donors (Lipinski definition) is 2. The Morgan fingerprint density at radius 1 is 1.32 bits per heavy atom. The van der Waals surface area contributed by atoms with Crippen molar-refractivity contribution in [2.24, 2.45) is 0 Å². The minimum absolute atomic E-state index is 0.332. The Bertz CT molecular complexity index is 385. The molecule has 1 aliphatic rings. The van der Waals surface area contributed by atoms with Crippen LogP contribution in [0.3, 0.4) is 0 Å². The van der Waals surface area contributed by atoms with Gasteiger partial charge in [0, 0.05) is 12.6 Å². The Kier molecular flexibility index (Phi) is 4.80. The highest BCUT2D eigenvalue weighted by Gasteiger charge is 2.26. The number of ether oxygens (including phenoxy) is 2. The maximum absolute atomic E-state index is 10.1. The summed E-state index contributed by atoms with van der Waals surface area (Å²) in [4.78, 5) is 0. The van der Waals surface area contributed by atoms with E-state index in [1.54, 1.807) is 14.0 Å². The van der Waals surface area contributed by atoms with Gasteiger partial charge in [-0.2, -0.15) is 0 Å². The summed E-state index contributed by atoms with van der Waals surface area (Å²) in [7, 11) is 1.65. The third kappa shape index (κ3) is 5.19. The van der Waals surface area contributed by atoms with Gasteiger partial charge in [0.25, 0.3) is 0 Å². The maximum Gasteiger partial charge on any atom is 0.118 e. The lowest BCUT2D eigenvalue weighted by Crippen LogP contribution is -2.42. The van der Waals surface area contributed by atoms with Gasteiger partial charge in [-0.1, -0.05) is 12.1 Å². The molecule has 1 fully saturated rings. The first-order valence-electron chi connectivity index (χ1n) is 6.75. The van der Waals surface area contributed by atoms with Gasteiger partial charge in [0.15, 0.2) is 0 Å². The SMILES string of the molecule is COc1ccc(COCC(C)(O)CNC2CC2)cc1. The molecule has 1 atom stereocenters. The fourth-order valence-corrected chi connectivity index (χ4v) is 1.81. The van der Waals surface area contributed by atoms with Crippen molar-refractivity contribution in [1.29, 1.82) is 0 Å². The van der Waals surface area contributed by atoms with Gasteiger partial charge in [0.2, 0.25) is 0 Å². The largest absolute Gasteiger partial charge is 0.497 e. The Morgan fingerprint density at radius 2 is 2.00 bits per heavy atom. The van der Waals surface area contributed by atoms with E-state index in [-0.39, 0.29) is 0 Å². The summed E-state index contributed by atoms with van der Waals surface area (Å²) in [5.41, 5.74) is 0.265. The molecule has 1 aliphatic carbocycles. The van der Waals surface area contributed by atoms with Crippen LogP contribution in [0.15, 0.2) is 24.3 Å². The van der Waals surface area contributed by atoms with Gasteiger partial charge >= 0.3 is 0 Å². The molecule has 1 unspecified atom stereocenters. The van der Waals surface area contributed by atoms with Crippen LogP contribution in [-0.4, -0.2) is 37.0 Å². The second-order valence-electron chi connectivity index (χ2n) is 5.49. The van der Waals surface area contributed by atoms with Crippen molar-refractivity contribution in [3.8, 4) is 5.75 Å². The van der Waals surface area contributed by atoms with Crippen molar-refractivity contribution in [3.63, 3.8) is 0 Å². The number of aliphatic hydroxyl groups is 1. The first-order chi connectivity index (χ1) is 9.09. The molecule has 2 rings (SSSR count). The van der Waals surface area contributed by atoms with Crippen molar-refractivity contribution in [3.05, 3.63) is 29.8 Å². The van der Waals surface area contributed by atoms with Gasteiger partial charge in [0.1, 0.15) is 5.75 Å². The number of rotatable bonds is 8. The van der Waals surface area contributed by atoms with E-state index in [0.717, 1.165) is 11.3 Å². The molecule has 0 radical (unpaired) electrons. The summed E-state index contributed by atoms with van der Waals surface area (Å²) >= 11 is 0. The molecule has 1 aromatic rings. The molecule has 0 heterocycles. The smallest absolute Gasteiger partial charge is 0.118 e.